The maximum absolute atomic E-state index is 13.6. The van der Waals surface area contributed by atoms with Crippen LogP contribution in [0.2, 0.25) is 0 Å². The van der Waals surface area contributed by atoms with Gasteiger partial charge in [0.15, 0.2) is 0 Å². The molecule has 2 amide bonds. The molecule has 33 heavy (non-hydrogen) atoms. The molecule has 3 atom stereocenters. The van der Waals surface area contributed by atoms with Gasteiger partial charge in [-0.3, -0.25) is 14.5 Å². The van der Waals surface area contributed by atoms with Crippen molar-refractivity contribution in [3.63, 3.8) is 0 Å². The van der Waals surface area contributed by atoms with Crippen LogP contribution in [0.15, 0.2) is 53.0 Å². The first kappa shape index (κ1) is 22.6. The summed E-state index contributed by atoms with van der Waals surface area (Å²) in [6.45, 7) is 7.25. The highest BCUT2D eigenvalue weighted by Gasteiger charge is 2.42. The number of aryl methyl sites for hydroxylation is 1. The van der Waals surface area contributed by atoms with E-state index >= 15 is 0 Å². The van der Waals surface area contributed by atoms with Gasteiger partial charge in [-0.15, -0.1) is 0 Å². The third kappa shape index (κ3) is 5.17. The third-order valence-corrected chi connectivity index (χ3v) is 7.90. The lowest BCUT2D eigenvalue weighted by molar-refractivity contribution is -0.145. The van der Waals surface area contributed by atoms with Crippen molar-refractivity contribution in [1.82, 2.24) is 14.7 Å². The van der Waals surface area contributed by atoms with Crippen LogP contribution in [0.3, 0.4) is 0 Å². The van der Waals surface area contributed by atoms with Crippen molar-refractivity contribution in [3.8, 4) is 0 Å². The molecule has 0 radical (unpaired) electrons. The van der Waals surface area contributed by atoms with Crippen molar-refractivity contribution in [2.24, 2.45) is 11.8 Å². The zero-order valence-electron chi connectivity index (χ0n) is 19.3. The normalized spacial score (nSPS) is 25.5. The number of nitrogens with zero attached hydrogens (tertiary/aromatic N) is 3. The van der Waals surface area contributed by atoms with Crippen molar-refractivity contribution in [2.45, 2.75) is 45.3 Å². The van der Waals surface area contributed by atoms with Crippen molar-refractivity contribution in [2.75, 3.05) is 26.2 Å². The second kappa shape index (κ2) is 9.59. The molecule has 3 aliphatic rings. The summed E-state index contributed by atoms with van der Waals surface area (Å²) >= 11 is 3.51. The second-order valence-corrected chi connectivity index (χ2v) is 11.0. The van der Waals surface area contributed by atoms with Gasteiger partial charge >= 0.3 is 0 Å². The number of likely N-dealkylation sites (tertiary alicyclic amines) is 3. The van der Waals surface area contributed by atoms with Gasteiger partial charge in [0, 0.05) is 50.2 Å². The lowest BCUT2D eigenvalue weighted by Gasteiger charge is -2.46. The Morgan fingerprint density at radius 1 is 0.909 bits per heavy atom. The standard InChI is InChI=1S/C27H32BrN3O2/c1-19-2-4-21(5-3-19)18-31-25(10-11-26(31)32)27(33)30-16-22-12-23(17-30)15-29(14-22)13-20-6-8-24(28)9-7-20/h2-9,22-23,25H,10-18H2,1H3/t22?,23?,25-/m0/s1. The number of rotatable bonds is 5. The van der Waals surface area contributed by atoms with E-state index < -0.39 is 0 Å². The molecule has 3 aliphatic heterocycles. The monoisotopic (exact) mass is 509 g/mol. The molecule has 0 aromatic heterocycles. The molecule has 2 unspecified atom stereocenters. The SMILES string of the molecule is Cc1ccc(CN2C(=O)CC[C@H]2C(=O)N2CC3CC(CN(Cc4ccc(Br)cc4)C3)C2)cc1. The van der Waals surface area contributed by atoms with Crippen LogP contribution in [0.25, 0.3) is 0 Å². The molecule has 0 saturated carbocycles. The van der Waals surface area contributed by atoms with Gasteiger partial charge < -0.3 is 9.80 Å². The van der Waals surface area contributed by atoms with E-state index in [2.05, 4.69) is 81.2 Å². The van der Waals surface area contributed by atoms with E-state index in [1.165, 1.54) is 17.5 Å². The number of carbonyl (C=O) groups is 2. The molecule has 0 aliphatic carbocycles. The molecule has 3 saturated heterocycles. The Morgan fingerprint density at radius 3 is 2.18 bits per heavy atom. The Bertz CT molecular complexity index is 993. The lowest BCUT2D eigenvalue weighted by atomic mass is 9.84. The van der Waals surface area contributed by atoms with E-state index in [0.29, 0.717) is 31.2 Å². The molecule has 6 heteroatoms. The van der Waals surface area contributed by atoms with Crippen LogP contribution in [0.4, 0.5) is 0 Å². The van der Waals surface area contributed by atoms with E-state index in [9.17, 15) is 9.59 Å². The van der Waals surface area contributed by atoms with Crippen molar-refractivity contribution >= 4 is 27.7 Å². The zero-order chi connectivity index (χ0) is 22.9. The molecule has 5 rings (SSSR count). The highest BCUT2D eigenvalue weighted by atomic mass is 79.9. The largest absolute Gasteiger partial charge is 0.340 e. The Kier molecular flexibility index (Phi) is 6.57. The smallest absolute Gasteiger partial charge is 0.245 e. The highest BCUT2D eigenvalue weighted by molar-refractivity contribution is 9.10. The predicted octanol–water partition coefficient (Wildman–Crippen LogP) is 4.23. The molecule has 174 valence electrons. The molecular formula is C27H32BrN3O2. The Morgan fingerprint density at radius 2 is 1.52 bits per heavy atom. The Balaban J connectivity index is 1.21. The van der Waals surface area contributed by atoms with Gasteiger partial charge in [-0.05, 0) is 54.9 Å². The van der Waals surface area contributed by atoms with E-state index in [1.54, 1.807) is 0 Å². The number of carbonyl (C=O) groups excluding carboxylic acids is 2. The molecule has 0 spiro atoms. The Labute approximate surface area is 204 Å². The summed E-state index contributed by atoms with van der Waals surface area (Å²) in [4.78, 5) is 32.6. The highest BCUT2D eigenvalue weighted by Crippen LogP contribution is 2.32. The number of halogens is 1. The molecular weight excluding hydrogens is 478 g/mol. The van der Waals surface area contributed by atoms with Gasteiger partial charge in [-0.25, -0.2) is 0 Å². The third-order valence-electron chi connectivity index (χ3n) is 7.37. The van der Waals surface area contributed by atoms with Crippen LogP contribution in [-0.2, 0) is 22.7 Å². The first-order valence-electron chi connectivity index (χ1n) is 12.0. The fourth-order valence-corrected chi connectivity index (χ4v) is 6.10. The summed E-state index contributed by atoms with van der Waals surface area (Å²) in [5.41, 5.74) is 3.63. The Hall–Kier alpha value is -2.18. The fourth-order valence-electron chi connectivity index (χ4n) is 5.83. The molecule has 2 aromatic carbocycles. The molecule has 2 bridgehead atoms. The number of hydrogen-bond donors (Lipinski definition) is 0. The molecule has 0 N–H and O–H groups in total. The summed E-state index contributed by atoms with van der Waals surface area (Å²) < 4.78 is 1.11. The summed E-state index contributed by atoms with van der Waals surface area (Å²) in [5, 5.41) is 0. The van der Waals surface area contributed by atoms with Crippen LogP contribution in [0.5, 0.6) is 0 Å². The topological polar surface area (TPSA) is 43.9 Å². The van der Waals surface area contributed by atoms with Gasteiger partial charge in [-0.1, -0.05) is 57.9 Å². The first-order chi connectivity index (χ1) is 15.9. The maximum atomic E-state index is 13.6. The molecule has 3 heterocycles. The number of hydrogen-bond acceptors (Lipinski definition) is 3. The average Bonchev–Trinajstić information content (AvgIpc) is 3.16. The minimum atomic E-state index is -0.309. The number of piperidine rings is 2. The quantitative estimate of drug-likeness (QED) is 0.605. The first-order valence-corrected chi connectivity index (χ1v) is 12.8. The number of benzene rings is 2. The van der Waals surface area contributed by atoms with Gasteiger partial charge in [0.2, 0.25) is 11.8 Å². The van der Waals surface area contributed by atoms with Crippen LogP contribution < -0.4 is 0 Å². The average molecular weight is 510 g/mol. The van der Waals surface area contributed by atoms with E-state index in [1.807, 2.05) is 4.90 Å². The van der Waals surface area contributed by atoms with Gasteiger partial charge in [-0.2, -0.15) is 0 Å². The number of fused-ring (bicyclic) bond motifs is 2. The van der Waals surface area contributed by atoms with E-state index in [0.717, 1.165) is 42.8 Å². The minimum absolute atomic E-state index is 0.104. The summed E-state index contributed by atoms with van der Waals surface area (Å²) in [6, 6.07) is 16.5. The van der Waals surface area contributed by atoms with Crippen LogP contribution in [0.1, 0.15) is 36.0 Å². The number of amides is 2. The van der Waals surface area contributed by atoms with E-state index in [-0.39, 0.29) is 17.9 Å². The molecule has 2 aromatic rings. The zero-order valence-corrected chi connectivity index (χ0v) is 20.8. The molecule has 3 fully saturated rings. The van der Waals surface area contributed by atoms with Gasteiger partial charge in [0.25, 0.3) is 0 Å². The second-order valence-electron chi connectivity index (χ2n) is 10.1. The van der Waals surface area contributed by atoms with Crippen LogP contribution >= 0.6 is 15.9 Å². The summed E-state index contributed by atoms with van der Waals surface area (Å²) in [7, 11) is 0. The summed E-state index contributed by atoms with van der Waals surface area (Å²) in [6.07, 6.45) is 2.33. The fraction of sp³-hybridized carbons (Fsp3) is 0.481. The molecule has 5 nitrogen and oxygen atoms in total. The lowest BCUT2D eigenvalue weighted by Crippen LogP contribution is -2.57. The van der Waals surface area contributed by atoms with Crippen LogP contribution in [0, 0.1) is 18.8 Å². The van der Waals surface area contributed by atoms with Gasteiger partial charge in [0.1, 0.15) is 6.04 Å². The van der Waals surface area contributed by atoms with Crippen LogP contribution in [-0.4, -0.2) is 58.7 Å². The van der Waals surface area contributed by atoms with Gasteiger partial charge in [0.05, 0.1) is 0 Å². The predicted molar refractivity (Wildman–Crippen MR) is 132 cm³/mol. The van der Waals surface area contributed by atoms with Crippen molar-refractivity contribution in [3.05, 3.63) is 69.7 Å². The van der Waals surface area contributed by atoms with E-state index in [4.69, 9.17) is 0 Å². The van der Waals surface area contributed by atoms with Crippen molar-refractivity contribution < 1.29 is 9.59 Å². The maximum Gasteiger partial charge on any atom is 0.245 e. The minimum Gasteiger partial charge on any atom is -0.340 e. The summed E-state index contributed by atoms with van der Waals surface area (Å²) in [5.74, 6) is 1.29. The van der Waals surface area contributed by atoms with Crippen molar-refractivity contribution in [1.29, 1.82) is 0 Å².